The van der Waals surface area contributed by atoms with Gasteiger partial charge in [0.1, 0.15) is 0 Å². The first kappa shape index (κ1) is 14.8. The Hall–Kier alpha value is -1.13. The highest BCUT2D eigenvalue weighted by Gasteiger charge is 2.26. The molecular formula is C17H28N4. The lowest BCUT2D eigenvalue weighted by molar-refractivity contribution is 0.248. The molecule has 2 fully saturated rings. The Morgan fingerprint density at radius 1 is 1.24 bits per heavy atom. The van der Waals surface area contributed by atoms with E-state index in [9.17, 15) is 0 Å². The normalized spacial score (nSPS) is 20.2. The van der Waals surface area contributed by atoms with Crippen LogP contribution >= 0.6 is 0 Å². The molecule has 4 nitrogen and oxygen atoms in total. The smallest absolute Gasteiger partial charge is 0.0562 e. The van der Waals surface area contributed by atoms with Crippen LogP contribution in [0.1, 0.15) is 32.4 Å². The fourth-order valence-electron chi connectivity index (χ4n) is 2.92. The number of hydrogen-bond acceptors (Lipinski definition) is 4. The van der Waals surface area contributed by atoms with E-state index in [2.05, 4.69) is 46.1 Å². The molecule has 2 aliphatic rings. The summed E-state index contributed by atoms with van der Waals surface area (Å²) in [7, 11) is 0. The van der Waals surface area contributed by atoms with Crippen LogP contribution in [0.4, 0.5) is 5.69 Å². The third-order valence-corrected chi connectivity index (χ3v) is 4.44. The molecule has 0 atom stereocenters. The van der Waals surface area contributed by atoms with Gasteiger partial charge in [-0.25, -0.2) is 0 Å². The summed E-state index contributed by atoms with van der Waals surface area (Å²) in [6.07, 6.45) is 4.86. The van der Waals surface area contributed by atoms with Crippen molar-refractivity contribution in [2.75, 3.05) is 37.6 Å². The zero-order valence-corrected chi connectivity index (χ0v) is 13.4. The summed E-state index contributed by atoms with van der Waals surface area (Å²) in [4.78, 5) is 9.61. The Morgan fingerprint density at radius 2 is 2.00 bits per heavy atom. The maximum absolute atomic E-state index is 4.47. The SMILES string of the molecule is CC(C)NCc1cc(N2CCN(CC3CC3)CC2)ccn1. The number of rotatable bonds is 6. The molecule has 0 bridgehead atoms. The van der Waals surface area contributed by atoms with Crippen LogP contribution in [0.5, 0.6) is 0 Å². The molecule has 21 heavy (non-hydrogen) atoms. The molecule has 0 radical (unpaired) electrons. The minimum Gasteiger partial charge on any atom is -0.369 e. The van der Waals surface area contributed by atoms with Gasteiger partial charge in [0, 0.05) is 57.2 Å². The first-order valence-corrected chi connectivity index (χ1v) is 8.36. The summed E-state index contributed by atoms with van der Waals surface area (Å²) >= 11 is 0. The first-order valence-electron chi connectivity index (χ1n) is 8.36. The molecule has 1 aromatic heterocycles. The highest BCUT2D eigenvalue weighted by atomic mass is 15.3. The topological polar surface area (TPSA) is 31.4 Å². The van der Waals surface area contributed by atoms with Crippen molar-refractivity contribution in [1.82, 2.24) is 15.2 Å². The van der Waals surface area contributed by atoms with E-state index in [1.807, 2.05) is 6.20 Å². The van der Waals surface area contributed by atoms with Gasteiger partial charge in [0.15, 0.2) is 0 Å². The molecule has 1 N–H and O–H groups in total. The monoisotopic (exact) mass is 288 g/mol. The van der Waals surface area contributed by atoms with Crippen molar-refractivity contribution in [3.63, 3.8) is 0 Å². The summed E-state index contributed by atoms with van der Waals surface area (Å²) in [5.41, 5.74) is 2.47. The molecule has 0 unspecified atom stereocenters. The summed E-state index contributed by atoms with van der Waals surface area (Å²) < 4.78 is 0. The second-order valence-electron chi connectivity index (χ2n) is 6.77. The van der Waals surface area contributed by atoms with Crippen molar-refractivity contribution in [2.24, 2.45) is 5.92 Å². The number of hydrogen-bond donors (Lipinski definition) is 1. The minimum atomic E-state index is 0.501. The molecule has 2 heterocycles. The van der Waals surface area contributed by atoms with Crippen LogP contribution in [0.15, 0.2) is 18.3 Å². The maximum Gasteiger partial charge on any atom is 0.0562 e. The van der Waals surface area contributed by atoms with Crippen LogP contribution in [0.3, 0.4) is 0 Å². The van der Waals surface area contributed by atoms with Crippen molar-refractivity contribution in [3.05, 3.63) is 24.0 Å². The molecule has 1 aromatic rings. The van der Waals surface area contributed by atoms with Crippen LogP contribution in [0.2, 0.25) is 0 Å². The Kier molecular flexibility index (Phi) is 4.76. The quantitative estimate of drug-likeness (QED) is 0.869. The van der Waals surface area contributed by atoms with Crippen molar-refractivity contribution in [2.45, 2.75) is 39.3 Å². The van der Waals surface area contributed by atoms with Crippen molar-refractivity contribution < 1.29 is 0 Å². The van der Waals surface area contributed by atoms with Gasteiger partial charge in [0.05, 0.1) is 5.69 Å². The lowest BCUT2D eigenvalue weighted by Gasteiger charge is -2.36. The maximum atomic E-state index is 4.47. The van der Waals surface area contributed by atoms with E-state index in [4.69, 9.17) is 0 Å². The number of pyridine rings is 1. The summed E-state index contributed by atoms with van der Waals surface area (Å²) in [6.45, 7) is 11.2. The number of nitrogens with one attached hydrogen (secondary N) is 1. The van der Waals surface area contributed by atoms with E-state index in [1.54, 1.807) is 0 Å². The molecular weight excluding hydrogens is 260 g/mol. The summed E-state index contributed by atoms with van der Waals surface area (Å²) in [5.74, 6) is 1.01. The molecule has 4 heteroatoms. The van der Waals surface area contributed by atoms with Crippen molar-refractivity contribution >= 4 is 5.69 Å². The Balaban J connectivity index is 1.53. The summed E-state index contributed by atoms with van der Waals surface area (Å²) in [6, 6.07) is 4.89. The third-order valence-electron chi connectivity index (χ3n) is 4.44. The lowest BCUT2D eigenvalue weighted by atomic mass is 10.2. The molecule has 3 rings (SSSR count). The standard InChI is InChI=1S/C17H28N4/c1-14(2)19-12-16-11-17(5-6-18-16)21-9-7-20(8-10-21)13-15-3-4-15/h5-6,11,14-15,19H,3-4,7-10,12-13H2,1-2H3. The van der Waals surface area contributed by atoms with E-state index in [0.717, 1.165) is 31.2 Å². The second-order valence-corrected chi connectivity index (χ2v) is 6.77. The molecule has 0 amide bonds. The molecule has 1 aliphatic heterocycles. The van der Waals surface area contributed by atoms with E-state index in [-0.39, 0.29) is 0 Å². The summed E-state index contributed by atoms with van der Waals surface area (Å²) in [5, 5.41) is 3.44. The Labute approximate surface area is 128 Å². The molecule has 1 saturated carbocycles. The number of aromatic nitrogens is 1. The molecule has 116 valence electrons. The van der Waals surface area contributed by atoms with Crippen LogP contribution in [0, 0.1) is 5.92 Å². The van der Waals surface area contributed by atoms with Gasteiger partial charge < -0.3 is 10.2 Å². The van der Waals surface area contributed by atoms with Gasteiger partial charge in [-0.2, -0.15) is 0 Å². The second kappa shape index (κ2) is 6.75. The molecule has 1 aliphatic carbocycles. The zero-order valence-electron chi connectivity index (χ0n) is 13.4. The first-order chi connectivity index (χ1) is 10.2. The molecule has 1 saturated heterocycles. The predicted octanol–water partition coefficient (Wildman–Crippen LogP) is 2.11. The van der Waals surface area contributed by atoms with Gasteiger partial charge in [0.2, 0.25) is 0 Å². The largest absolute Gasteiger partial charge is 0.369 e. The fraction of sp³-hybridized carbons (Fsp3) is 0.706. The Bertz CT molecular complexity index is 448. The van der Waals surface area contributed by atoms with Crippen molar-refractivity contribution in [3.8, 4) is 0 Å². The lowest BCUT2D eigenvalue weighted by Crippen LogP contribution is -2.47. The molecule has 0 aromatic carbocycles. The van der Waals surface area contributed by atoms with E-state index >= 15 is 0 Å². The fourth-order valence-corrected chi connectivity index (χ4v) is 2.92. The van der Waals surface area contributed by atoms with Gasteiger partial charge in [-0.3, -0.25) is 9.88 Å². The highest BCUT2D eigenvalue weighted by molar-refractivity contribution is 5.47. The van der Waals surface area contributed by atoms with Crippen LogP contribution in [-0.2, 0) is 6.54 Å². The average Bonchev–Trinajstić information content (AvgIpc) is 3.30. The predicted molar refractivity (Wildman–Crippen MR) is 87.6 cm³/mol. The van der Waals surface area contributed by atoms with Crippen LogP contribution in [-0.4, -0.2) is 48.6 Å². The van der Waals surface area contributed by atoms with E-state index < -0.39 is 0 Å². The van der Waals surface area contributed by atoms with Gasteiger partial charge in [-0.05, 0) is 30.9 Å². The minimum absolute atomic E-state index is 0.501. The number of anilines is 1. The van der Waals surface area contributed by atoms with E-state index in [0.29, 0.717) is 6.04 Å². The van der Waals surface area contributed by atoms with E-state index in [1.165, 1.54) is 38.2 Å². The molecule has 0 spiro atoms. The van der Waals surface area contributed by atoms with Crippen molar-refractivity contribution in [1.29, 1.82) is 0 Å². The Morgan fingerprint density at radius 3 is 2.67 bits per heavy atom. The zero-order chi connectivity index (χ0) is 14.7. The van der Waals surface area contributed by atoms with Gasteiger partial charge in [-0.15, -0.1) is 0 Å². The van der Waals surface area contributed by atoms with Gasteiger partial charge in [0.25, 0.3) is 0 Å². The highest BCUT2D eigenvalue weighted by Crippen LogP contribution is 2.30. The van der Waals surface area contributed by atoms with Crippen LogP contribution < -0.4 is 10.2 Å². The van der Waals surface area contributed by atoms with Crippen LogP contribution in [0.25, 0.3) is 0 Å². The van der Waals surface area contributed by atoms with Gasteiger partial charge in [-0.1, -0.05) is 13.8 Å². The average molecular weight is 288 g/mol. The number of piperazine rings is 1. The third kappa shape index (κ3) is 4.42. The number of nitrogens with zero attached hydrogens (tertiary/aromatic N) is 3. The van der Waals surface area contributed by atoms with Gasteiger partial charge >= 0.3 is 0 Å².